The standard InChI is InChI=1S/C35H41BrN2O6/c1-8-43-28-14-20(13-23(36)33(28)44-19-29(41)37-21-9-11-22(42-7)12-10-21)30-31-24(15-34(2,3)17-26(31)39)38(6)25-16-35(4,5)18-27(40)32(25)30/h9-14,30H,8,15-19H2,1-7H3,(H,37,41). The number of ketones is 2. The lowest BCUT2D eigenvalue weighted by molar-refractivity contribution is -0.120. The van der Waals surface area contributed by atoms with Crippen LogP contribution in [0.3, 0.4) is 0 Å². The highest BCUT2D eigenvalue weighted by Gasteiger charge is 2.48. The van der Waals surface area contributed by atoms with E-state index in [2.05, 4.69) is 53.8 Å². The van der Waals surface area contributed by atoms with Crippen LogP contribution in [0.5, 0.6) is 17.2 Å². The molecular formula is C35H41BrN2O6. The van der Waals surface area contributed by atoms with Crippen LogP contribution in [0.25, 0.3) is 0 Å². The topological polar surface area (TPSA) is 94.2 Å². The Kier molecular flexibility index (Phi) is 8.73. The molecule has 1 heterocycles. The minimum atomic E-state index is -0.508. The second-order valence-electron chi connectivity index (χ2n) is 13.4. The minimum absolute atomic E-state index is 0.0712. The second-order valence-corrected chi connectivity index (χ2v) is 14.3. The van der Waals surface area contributed by atoms with Gasteiger partial charge in [0.05, 0.1) is 18.2 Å². The van der Waals surface area contributed by atoms with Crippen LogP contribution in [0.15, 0.2) is 63.4 Å². The highest BCUT2D eigenvalue weighted by atomic mass is 79.9. The van der Waals surface area contributed by atoms with Crippen molar-refractivity contribution in [2.45, 2.75) is 66.2 Å². The number of hydrogen-bond acceptors (Lipinski definition) is 7. The summed E-state index contributed by atoms with van der Waals surface area (Å²) in [6.45, 7) is 10.5. The Balaban J connectivity index is 1.52. The molecule has 2 aromatic rings. The zero-order valence-corrected chi connectivity index (χ0v) is 28.1. The summed E-state index contributed by atoms with van der Waals surface area (Å²) < 4.78 is 17.8. The number of anilines is 1. The molecule has 0 spiro atoms. The molecule has 0 fully saturated rings. The maximum Gasteiger partial charge on any atom is 0.262 e. The Morgan fingerprint density at radius 1 is 0.932 bits per heavy atom. The van der Waals surface area contributed by atoms with Gasteiger partial charge in [-0.05, 0) is 88.5 Å². The van der Waals surface area contributed by atoms with Crippen molar-refractivity contribution in [1.29, 1.82) is 0 Å². The fraction of sp³-hybridized carbons (Fsp3) is 0.457. The molecular weight excluding hydrogens is 624 g/mol. The molecule has 0 atom stereocenters. The molecule has 5 rings (SSSR count). The van der Waals surface area contributed by atoms with E-state index in [4.69, 9.17) is 14.2 Å². The van der Waals surface area contributed by atoms with E-state index in [9.17, 15) is 14.4 Å². The van der Waals surface area contributed by atoms with Crippen molar-refractivity contribution in [3.63, 3.8) is 0 Å². The number of amides is 1. The molecule has 1 amide bonds. The van der Waals surface area contributed by atoms with Gasteiger partial charge in [0.25, 0.3) is 5.91 Å². The molecule has 2 aliphatic carbocycles. The summed E-state index contributed by atoms with van der Waals surface area (Å²) >= 11 is 3.66. The van der Waals surface area contributed by atoms with Gasteiger partial charge in [-0.3, -0.25) is 14.4 Å². The maximum absolute atomic E-state index is 13.9. The van der Waals surface area contributed by atoms with Gasteiger partial charge in [-0.2, -0.15) is 0 Å². The smallest absolute Gasteiger partial charge is 0.262 e. The summed E-state index contributed by atoms with van der Waals surface area (Å²) in [5, 5.41) is 2.82. The largest absolute Gasteiger partial charge is 0.497 e. The van der Waals surface area contributed by atoms with Crippen molar-refractivity contribution < 1.29 is 28.6 Å². The van der Waals surface area contributed by atoms with E-state index in [1.807, 2.05) is 26.1 Å². The van der Waals surface area contributed by atoms with E-state index in [1.165, 1.54) is 0 Å². The third-order valence-electron chi connectivity index (χ3n) is 8.57. The molecule has 1 N–H and O–H groups in total. The normalized spacial score (nSPS) is 19.4. The van der Waals surface area contributed by atoms with Crippen molar-refractivity contribution in [1.82, 2.24) is 4.90 Å². The average Bonchev–Trinajstić information content (AvgIpc) is 2.93. The molecule has 3 aliphatic rings. The van der Waals surface area contributed by atoms with Crippen LogP contribution in [-0.4, -0.2) is 49.7 Å². The fourth-order valence-corrected chi connectivity index (χ4v) is 7.24. The highest BCUT2D eigenvalue weighted by Crippen LogP contribution is 2.55. The first kappa shape index (κ1) is 31.8. The van der Waals surface area contributed by atoms with Crippen molar-refractivity contribution in [2.75, 3.05) is 32.7 Å². The van der Waals surface area contributed by atoms with E-state index >= 15 is 0 Å². The molecule has 44 heavy (non-hydrogen) atoms. The van der Waals surface area contributed by atoms with Gasteiger partial charge in [0.1, 0.15) is 5.75 Å². The molecule has 8 nitrogen and oxygen atoms in total. The summed E-state index contributed by atoms with van der Waals surface area (Å²) in [7, 11) is 3.58. The van der Waals surface area contributed by atoms with E-state index in [1.54, 1.807) is 31.4 Å². The van der Waals surface area contributed by atoms with Crippen LogP contribution in [-0.2, 0) is 14.4 Å². The molecule has 234 valence electrons. The number of carbonyl (C=O) groups excluding carboxylic acids is 3. The molecule has 1 aliphatic heterocycles. The Morgan fingerprint density at radius 2 is 1.50 bits per heavy atom. The summed E-state index contributed by atoms with van der Waals surface area (Å²) in [6.07, 6.45) is 2.33. The van der Waals surface area contributed by atoms with Crippen LogP contribution in [0.4, 0.5) is 5.69 Å². The third kappa shape index (κ3) is 6.29. The molecule has 0 radical (unpaired) electrons. The second kappa shape index (κ2) is 12.1. The van der Waals surface area contributed by atoms with Gasteiger partial charge in [0.2, 0.25) is 0 Å². The SMILES string of the molecule is CCOc1cc(C2C3=C(CC(C)(C)CC3=O)N(C)C3=C2C(=O)CC(C)(C)C3)cc(Br)c1OCC(=O)Nc1ccc(OC)cc1. The van der Waals surface area contributed by atoms with Crippen LogP contribution in [0, 0.1) is 10.8 Å². The fourth-order valence-electron chi connectivity index (χ4n) is 6.66. The van der Waals surface area contributed by atoms with Crippen molar-refractivity contribution in [2.24, 2.45) is 10.8 Å². The molecule has 0 aromatic heterocycles. The van der Waals surface area contributed by atoms with Gasteiger partial charge < -0.3 is 24.4 Å². The number of benzene rings is 2. The number of hydrogen-bond donors (Lipinski definition) is 1. The number of halogens is 1. The monoisotopic (exact) mass is 664 g/mol. The first-order chi connectivity index (χ1) is 20.7. The first-order valence-corrected chi connectivity index (χ1v) is 15.8. The summed E-state index contributed by atoms with van der Waals surface area (Å²) in [6, 6.07) is 10.8. The molecule has 9 heteroatoms. The van der Waals surface area contributed by atoms with E-state index in [0.717, 1.165) is 29.8 Å². The van der Waals surface area contributed by atoms with Gasteiger partial charge >= 0.3 is 0 Å². The summed E-state index contributed by atoms with van der Waals surface area (Å²) in [4.78, 5) is 42.6. The average molecular weight is 666 g/mol. The van der Waals surface area contributed by atoms with Gasteiger partial charge in [0, 0.05) is 54.0 Å². The Morgan fingerprint density at radius 3 is 2.02 bits per heavy atom. The number of methoxy groups -OCH3 is 1. The quantitative estimate of drug-likeness (QED) is 0.319. The van der Waals surface area contributed by atoms with Gasteiger partial charge in [-0.1, -0.05) is 27.7 Å². The lowest BCUT2D eigenvalue weighted by Crippen LogP contribution is -2.43. The van der Waals surface area contributed by atoms with E-state index in [-0.39, 0.29) is 34.9 Å². The van der Waals surface area contributed by atoms with Gasteiger partial charge in [-0.15, -0.1) is 0 Å². The zero-order chi connectivity index (χ0) is 32.0. The number of rotatable bonds is 8. The zero-order valence-electron chi connectivity index (χ0n) is 26.6. The number of ether oxygens (including phenoxy) is 3. The number of nitrogens with zero attached hydrogens (tertiary/aromatic N) is 1. The Bertz CT molecular complexity index is 1520. The van der Waals surface area contributed by atoms with E-state index in [0.29, 0.717) is 58.0 Å². The summed E-state index contributed by atoms with van der Waals surface area (Å²) in [5.74, 6) is 0.806. The van der Waals surface area contributed by atoms with Crippen LogP contribution < -0.4 is 19.5 Å². The molecule has 2 aromatic carbocycles. The van der Waals surface area contributed by atoms with Crippen LogP contribution in [0.1, 0.15) is 71.8 Å². The number of carbonyl (C=O) groups is 3. The predicted molar refractivity (Wildman–Crippen MR) is 173 cm³/mol. The van der Waals surface area contributed by atoms with Gasteiger partial charge in [-0.25, -0.2) is 0 Å². The van der Waals surface area contributed by atoms with E-state index < -0.39 is 5.92 Å². The Labute approximate surface area is 267 Å². The van der Waals surface area contributed by atoms with Crippen molar-refractivity contribution in [3.05, 3.63) is 69.0 Å². The molecule has 0 bridgehead atoms. The van der Waals surface area contributed by atoms with Crippen molar-refractivity contribution in [3.8, 4) is 17.2 Å². The highest BCUT2D eigenvalue weighted by molar-refractivity contribution is 9.10. The number of Topliss-reactive ketones (excluding diaryl/α,β-unsaturated/α-hetero) is 2. The first-order valence-electron chi connectivity index (χ1n) is 15.0. The molecule has 0 unspecified atom stereocenters. The lowest BCUT2D eigenvalue weighted by atomic mass is 9.64. The number of allylic oxidation sites excluding steroid dienone is 4. The van der Waals surface area contributed by atoms with Crippen molar-refractivity contribution >= 4 is 39.1 Å². The van der Waals surface area contributed by atoms with Crippen LogP contribution >= 0.6 is 15.9 Å². The van der Waals surface area contributed by atoms with Gasteiger partial charge in [0.15, 0.2) is 29.7 Å². The third-order valence-corrected chi connectivity index (χ3v) is 9.16. The maximum atomic E-state index is 13.9. The molecule has 0 saturated heterocycles. The Hall–Kier alpha value is -3.59. The molecule has 0 saturated carbocycles. The van der Waals surface area contributed by atoms with Crippen LogP contribution in [0.2, 0.25) is 0 Å². The lowest BCUT2D eigenvalue weighted by Gasteiger charge is -2.48. The summed E-state index contributed by atoms with van der Waals surface area (Å²) in [5.41, 5.74) is 4.42. The minimum Gasteiger partial charge on any atom is -0.497 e. The number of nitrogens with one attached hydrogen (secondary N) is 1. The predicted octanol–water partition coefficient (Wildman–Crippen LogP) is 7.19.